The van der Waals surface area contributed by atoms with E-state index in [2.05, 4.69) is 10.6 Å². The molecule has 0 bridgehead atoms. The van der Waals surface area contributed by atoms with Crippen LogP contribution in [0.3, 0.4) is 0 Å². The molecule has 0 aliphatic heterocycles. The Labute approximate surface area is 145 Å². The van der Waals surface area contributed by atoms with Gasteiger partial charge < -0.3 is 15.7 Å². The number of carbonyl (C=O) groups excluding carboxylic acids is 1. The molecule has 0 saturated heterocycles. The molecule has 0 radical (unpaired) electrons. The molecule has 3 N–H and O–H groups in total. The van der Waals surface area contributed by atoms with Gasteiger partial charge in [0.15, 0.2) is 0 Å². The summed E-state index contributed by atoms with van der Waals surface area (Å²) >= 11 is 0. The normalized spacial score (nSPS) is 10.6. The average molecular weight is 335 g/mol. The van der Waals surface area contributed by atoms with E-state index in [1.807, 2.05) is 25.1 Å². The van der Waals surface area contributed by atoms with Crippen LogP contribution < -0.4 is 10.6 Å². The molecular weight excluding hydrogens is 318 g/mol. The average Bonchev–Trinajstić information content (AvgIpc) is 2.58. The van der Waals surface area contributed by atoms with Gasteiger partial charge in [-0.3, -0.25) is 9.59 Å². The first kappa shape index (κ1) is 17.8. The highest BCUT2D eigenvalue weighted by Gasteiger charge is 2.09. The second kappa shape index (κ2) is 8.31. The summed E-state index contributed by atoms with van der Waals surface area (Å²) in [6, 6.07) is 15.8. The van der Waals surface area contributed by atoms with Gasteiger partial charge in [-0.2, -0.15) is 5.26 Å². The Balaban J connectivity index is 2.01. The lowest BCUT2D eigenvalue weighted by molar-refractivity contribution is -0.136. The highest BCUT2D eigenvalue weighted by molar-refractivity contribution is 6.06. The fourth-order valence-corrected chi connectivity index (χ4v) is 2.03. The SMILES string of the molecule is Cc1ccc(NC(=O)/C(C#N)=C\Nc2ccc(CC(=O)O)cc2)cc1. The Kier molecular flexibility index (Phi) is 5.91. The van der Waals surface area contributed by atoms with E-state index in [9.17, 15) is 9.59 Å². The van der Waals surface area contributed by atoms with Crippen LogP contribution in [0.1, 0.15) is 11.1 Å². The maximum atomic E-state index is 12.1. The number of nitrogens with one attached hydrogen (secondary N) is 2. The number of carboxylic acid groups (broad SMARTS) is 1. The summed E-state index contributed by atoms with van der Waals surface area (Å²) in [5.74, 6) is -1.42. The van der Waals surface area contributed by atoms with Crippen LogP contribution in [0.25, 0.3) is 0 Å². The third-order valence-corrected chi connectivity index (χ3v) is 3.37. The van der Waals surface area contributed by atoms with Crippen molar-refractivity contribution in [2.75, 3.05) is 10.6 Å². The number of aryl methyl sites for hydroxylation is 1. The Morgan fingerprint density at radius 1 is 1.08 bits per heavy atom. The number of anilines is 2. The van der Waals surface area contributed by atoms with Crippen LogP contribution in [0.15, 0.2) is 60.3 Å². The number of carbonyl (C=O) groups is 2. The lowest BCUT2D eigenvalue weighted by atomic mass is 10.1. The molecule has 6 heteroatoms. The molecule has 2 aromatic carbocycles. The van der Waals surface area contributed by atoms with E-state index in [4.69, 9.17) is 10.4 Å². The molecule has 0 fully saturated rings. The van der Waals surface area contributed by atoms with Gasteiger partial charge in [-0.15, -0.1) is 0 Å². The van der Waals surface area contributed by atoms with Crippen molar-refractivity contribution in [3.63, 3.8) is 0 Å². The Morgan fingerprint density at radius 2 is 1.68 bits per heavy atom. The largest absolute Gasteiger partial charge is 0.481 e. The maximum absolute atomic E-state index is 12.1. The van der Waals surface area contributed by atoms with Gasteiger partial charge in [-0.05, 0) is 36.8 Å². The summed E-state index contributed by atoms with van der Waals surface area (Å²) in [4.78, 5) is 22.8. The summed E-state index contributed by atoms with van der Waals surface area (Å²) < 4.78 is 0. The van der Waals surface area contributed by atoms with E-state index in [1.165, 1.54) is 6.20 Å². The van der Waals surface area contributed by atoms with Crippen molar-refractivity contribution in [1.29, 1.82) is 5.26 Å². The number of amides is 1. The first-order chi connectivity index (χ1) is 12.0. The van der Waals surface area contributed by atoms with Crippen LogP contribution in [0.2, 0.25) is 0 Å². The maximum Gasteiger partial charge on any atom is 0.307 e. The van der Waals surface area contributed by atoms with E-state index in [1.54, 1.807) is 36.4 Å². The minimum absolute atomic E-state index is 0.0570. The van der Waals surface area contributed by atoms with Crippen LogP contribution >= 0.6 is 0 Å². The second-order valence-electron chi connectivity index (χ2n) is 5.40. The second-order valence-corrected chi connectivity index (χ2v) is 5.40. The molecule has 6 nitrogen and oxygen atoms in total. The number of benzene rings is 2. The van der Waals surface area contributed by atoms with E-state index in [-0.39, 0.29) is 12.0 Å². The summed E-state index contributed by atoms with van der Waals surface area (Å²) in [6.45, 7) is 1.94. The highest BCUT2D eigenvalue weighted by atomic mass is 16.4. The van der Waals surface area contributed by atoms with Crippen molar-refractivity contribution in [1.82, 2.24) is 0 Å². The molecule has 0 spiro atoms. The molecule has 126 valence electrons. The molecule has 1 amide bonds. The van der Waals surface area contributed by atoms with Crippen molar-refractivity contribution in [2.45, 2.75) is 13.3 Å². The van der Waals surface area contributed by atoms with Crippen LogP contribution in [0, 0.1) is 18.3 Å². The van der Waals surface area contributed by atoms with Gasteiger partial charge in [-0.1, -0.05) is 29.8 Å². The van der Waals surface area contributed by atoms with Crippen LogP contribution in [-0.2, 0) is 16.0 Å². The fourth-order valence-electron chi connectivity index (χ4n) is 2.03. The molecule has 0 saturated carbocycles. The van der Waals surface area contributed by atoms with E-state index >= 15 is 0 Å². The number of nitrogens with zero attached hydrogens (tertiary/aromatic N) is 1. The van der Waals surface area contributed by atoms with E-state index in [0.717, 1.165) is 5.56 Å². The van der Waals surface area contributed by atoms with Gasteiger partial charge in [-0.25, -0.2) is 0 Å². The summed E-state index contributed by atoms with van der Waals surface area (Å²) in [6.07, 6.45) is 1.26. The molecule has 25 heavy (non-hydrogen) atoms. The van der Waals surface area contributed by atoms with Crippen molar-refractivity contribution >= 4 is 23.3 Å². The Bertz CT molecular complexity index is 832. The molecule has 0 unspecified atom stereocenters. The minimum Gasteiger partial charge on any atom is -0.481 e. The third kappa shape index (κ3) is 5.52. The molecule has 2 rings (SSSR count). The smallest absolute Gasteiger partial charge is 0.307 e. The lowest BCUT2D eigenvalue weighted by Crippen LogP contribution is -2.14. The Morgan fingerprint density at radius 3 is 2.24 bits per heavy atom. The standard InChI is InChI=1S/C19H17N3O3/c1-13-2-6-17(7-3-13)22-19(25)15(11-20)12-21-16-8-4-14(5-9-16)10-18(23)24/h2-9,12,21H,10H2,1H3,(H,22,25)(H,23,24)/b15-12-. The zero-order valence-electron chi connectivity index (χ0n) is 13.6. The van der Waals surface area contributed by atoms with E-state index < -0.39 is 11.9 Å². The summed E-state index contributed by atoms with van der Waals surface area (Å²) in [5.41, 5.74) is 2.91. The fraction of sp³-hybridized carbons (Fsp3) is 0.105. The number of hydrogen-bond donors (Lipinski definition) is 3. The van der Waals surface area contributed by atoms with Gasteiger partial charge in [0, 0.05) is 17.6 Å². The van der Waals surface area contributed by atoms with Crippen LogP contribution in [0.4, 0.5) is 11.4 Å². The predicted molar refractivity (Wildman–Crippen MR) is 94.9 cm³/mol. The van der Waals surface area contributed by atoms with Gasteiger partial charge in [0.2, 0.25) is 0 Å². The van der Waals surface area contributed by atoms with Gasteiger partial charge in [0.05, 0.1) is 6.42 Å². The molecule has 0 aliphatic carbocycles. The molecular formula is C19H17N3O3. The minimum atomic E-state index is -0.903. The molecule has 2 aromatic rings. The molecule has 0 aromatic heterocycles. The van der Waals surface area contributed by atoms with Crippen LogP contribution in [0.5, 0.6) is 0 Å². The first-order valence-electron chi connectivity index (χ1n) is 7.53. The van der Waals surface area contributed by atoms with Crippen molar-refractivity contribution < 1.29 is 14.7 Å². The Hall–Kier alpha value is -3.59. The van der Waals surface area contributed by atoms with Crippen molar-refractivity contribution in [2.24, 2.45) is 0 Å². The number of nitriles is 1. The summed E-state index contributed by atoms with van der Waals surface area (Å²) in [5, 5.41) is 23.4. The van der Waals surface area contributed by atoms with Crippen molar-refractivity contribution in [3.05, 3.63) is 71.4 Å². The molecule has 0 atom stereocenters. The van der Waals surface area contributed by atoms with E-state index in [0.29, 0.717) is 16.9 Å². The zero-order chi connectivity index (χ0) is 18.2. The number of carboxylic acids is 1. The lowest BCUT2D eigenvalue weighted by Gasteiger charge is -2.06. The number of rotatable bonds is 6. The number of hydrogen-bond acceptors (Lipinski definition) is 4. The summed E-state index contributed by atoms with van der Waals surface area (Å²) in [7, 11) is 0. The quantitative estimate of drug-likeness (QED) is 0.556. The van der Waals surface area contributed by atoms with Crippen LogP contribution in [-0.4, -0.2) is 17.0 Å². The predicted octanol–water partition coefficient (Wildman–Crippen LogP) is 3.08. The zero-order valence-corrected chi connectivity index (χ0v) is 13.6. The van der Waals surface area contributed by atoms with Gasteiger partial charge >= 0.3 is 5.97 Å². The molecule has 0 heterocycles. The monoisotopic (exact) mass is 335 g/mol. The van der Waals surface area contributed by atoms with Crippen molar-refractivity contribution in [3.8, 4) is 6.07 Å². The first-order valence-corrected chi connectivity index (χ1v) is 7.53. The van der Waals surface area contributed by atoms with Gasteiger partial charge in [0.25, 0.3) is 5.91 Å². The van der Waals surface area contributed by atoms with Gasteiger partial charge in [0.1, 0.15) is 11.6 Å². The molecule has 0 aliphatic rings. The third-order valence-electron chi connectivity index (χ3n) is 3.37. The highest BCUT2D eigenvalue weighted by Crippen LogP contribution is 2.12. The topological polar surface area (TPSA) is 102 Å². The number of aliphatic carboxylic acids is 1.